The lowest BCUT2D eigenvalue weighted by Gasteiger charge is -2.24. The second-order valence-electron chi connectivity index (χ2n) is 5.11. The van der Waals surface area contributed by atoms with Gasteiger partial charge in [-0.25, -0.2) is 8.42 Å². The maximum Gasteiger partial charge on any atom is 0.230 e. The predicted octanol–water partition coefficient (Wildman–Crippen LogP) is 0.884. The molecule has 1 rings (SSSR count). The van der Waals surface area contributed by atoms with Gasteiger partial charge in [-0.2, -0.15) is 5.26 Å². The van der Waals surface area contributed by atoms with E-state index in [1.54, 1.807) is 32.0 Å². The molecule has 0 aliphatic heterocycles. The summed E-state index contributed by atoms with van der Waals surface area (Å²) in [5, 5.41) is 20.6. The fourth-order valence-corrected chi connectivity index (χ4v) is 2.69. The van der Waals surface area contributed by atoms with Gasteiger partial charge in [-0.15, -0.1) is 0 Å². The highest BCUT2D eigenvalue weighted by molar-refractivity contribution is 7.94. The highest BCUT2D eigenvalue weighted by atomic mass is 32.2. The molecule has 2 N–H and O–H groups in total. The lowest BCUT2D eigenvalue weighted by Crippen LogP contribution is -2.41. The van der Waals surface area contributed by atoms with Gasteiger partial charge in [-0.1, -0.05) is 12.1 Å². The fraction of sp³-hybridized carbons (Fsp3) is 0.333. The largest absolute Gasteiger partial charge is 0.395 e. The zero-order valence-corrected chi connectivity index (χ0v) is 13.2. The Morgan fingerprint density at radius 2 is 1.95 bits per heavy atom. The molecule has 0 aliphatic carbocycles. The van der Waals surface area contributed by atoms with Gasteiger partial charge in [0.2, 0.25) is 15.7 Å². The lowest BCUT2D eigenvalue weighted by atomic mass is 9.84. The van der Waals surface area contributed by atoms with E-state index in [1.807, 2.05) is 0 Å². The SMILES string of the molecule is CC(C)(C(=O)NCCO)c1ccc(S(=O)(=O)C=CC#N)cc1. The first kappa shape index (κ1) is 17.9. The Balaban J connectivity index is 3.05. The third-order valence-electron chi connectivity index (χ3n) is 3.19. The average Bonchev–Trinajstić information content (AvgIpc) is 2.50. The number of nitriles is 1. The number of carbonyl (C=O) groups excluding carboxylic acids is 1. The molecule has 0 spiro atoms. The Morgan fingerprint density at radius 1 is 1.36 bits per heavy atom. The van der Waals surface area contributed by atoms with E-state index in [0.29, 0.717) is 5.56 Å². The first-order valence-electron chi connectivity index (χ1n) is 6.56. The Labute approximate surface area is 130 Å². The molecule has 7 heteroatoms. The monoisotopic (exact) mass is 322 g/mol. The number of nitrogens with zero attached hydrogens (tertiary/aromatic N) is 1. The maximum atomic E-state index is 12.1. The van der Waals surface area contributed by atoms with Crippen LogP contribution in [-0.4, -0.2) is 32.6 Å². The van der Waals surface area contributed by atoms with Crippen molar-refractivity contribution in [2.24, 2.45) is 0 Å². The maximum absolute atomic E-state index is 12.1. The van der Waals surface area contributed by atoms with E-state index in [0.717, 1.165) is 11.5 Å². The topological polar surface area (TPSA) is 107 Å². The van der Waals surface area contributed by atoms with Crippen molar-refractivity contribution in [3.8, 4) is 6.07 Å². The highest BCUT2D eigenvalue weighted by Crippen LogP contribution is 2.25. The van der Waals surface area contributed by atoms with E-state index in [-0.39, 0.29) is 24.0 Å². The molecular formula is C15H18N2O4S. The van der Waals surface area contributed by atoms with Crippen LogP contribution in [0.3, 0.4) is 0 Å². The van der Waals surface area contributed by atoms with Gasteiger partial charge in [0.15, 0.2) is 0 Å². The third-order valence-corrected chi connectivity index (χ3v) is 4.61. The van der Waals surface area contributed by atoms with Crippen molar-refractivity contribution in [1.29, 1.82) is 5.26 Å². The summed E-state index contributed by atoms with van der Waals surface area (Å²) in [7, 11) is -3.66. The number of hydrogen-bond donors (Lipinski definition) is 2. The molecule has 22 heavy (non-hydrogen) atoms. The van der Waals surface area contributed by atoms with Crippen LogP contribution in [0.15, 0.2) is 40.6 Å². The molecule has 0 aliphatic rings. The number of hydrogen-bond acceptors (Lipinski definition) is 5. The molecule has 1 aromatic carbocycles. The van der Waals surface area contributed by atoms with Crippen molar-refractivity contribution in [1.82, 2.24) is 5.32 Å². The second-order valence-corrected chi connectivity index (χ2v) is 6.94. The van der Waals surface area contributed by atoms with E-state index >= 15 is 0 Å². The molecular weight excluding hydrogens is 304 g/mol. The van der Waals surface area contributed by atoms with E-state index in [4.69, 9.17) is 10.4 Å². The minimum atomic E-state index is -3.66. The number of sulfone groups is 1. The van der Waals surface area contributed by atoms with Crippen LogP contribution in [0.5, 0.6) is 0 Å². The summed E-state index contributed by atoms with van der Waals surface area (Å²) in [5.41, 5.74) is -0.217. The van der Waals surface area contributed by atoms with E-state index in [2.05, 4.69) is 5.32 Å². The summed E-state index contributed by atoms with van der Waals surface area (Å²) in [6, 6.07) is 7.55. The molecule has 0 unspecified atom stereocenters. The van der Waals surface area contributed by atoms with E-state index < -0.39 is 15.3 Å². The molecule has 1 amide bonds. The number of allylic oxidation sites excluding steroid dienone is 1. The minimum absolute atomic E-state index is 0.0503. The first-order valence-corrected chi connectivity index (χ1v) is 8.11. The summed E-state index contributed by atoms with van der Waals surface area (Å²) < 4.78 is 23.8. The van der Waals surface area contributed by atoms with Crippen molar-refractivity contribution in [2.45, 2.75) is 24.2 Å². The normalized spacial score (nSPS) is 12.1. The van der Waals surface area contributed by atoms with Gasteiger partial charge >= 0.3 is 0 Å². The number of amides is 1. The van der Waals surface area contributed by atoms with Gasteiger partial charge in [-0.3, -0.25) is 4.79 Å². The fourth-order valence-electron chi connectivity index (χ4n) is 1.78. The number of nitrogens with one attached hydrogen (secondary N) is 1. The van der Waals surface area contributed by atoms with Gasteiger partial charge in [0, 0.05) is 18.0 Å². The van der Waals surface area contributed by atoms with Gasteiger partial charge in [-0.05, 0) is 31.5 Å². The molecule has 0 atom stereocenters. The molecule has 0 heterocycles. The standard InChI is InChI=1S/C15H18N2O4S/c1-15(2,14(19)17-9-10-18)12-4-6-13(7-5-12)22(20,21)11-3-8-16/h3-7,11,18H,9-10H2,1-2H3,(H,17,19). The molecule has 0 radical (unpaired) electrons. The van der Waals surface area contributed by atoms with Crippen LogP contribution in [0.2, 0.25) is 0 Å². The van der Waals surface area contributed by atoms with Crippen LogP contribution in [-0.2, 0) is 20.0 Å². The minimum Gasteiger partial charge on any atom is -0.395 e. The highest BCUT2D eigenvalue weighted by Gasteiger charge is 2.29. The summed E-state index contributed by atoms with van der Waals surface area (Å²) in [6.45, 7) is 3.43. The third kappa shape index (κ3) is 4.16. The average molecular weight is 322 g/mol. The van der Waals surface area contributed by atoms with Crippen LogP contribution in [0.4, 0.5) is 0 Å². The summed E-state index contributed by atoms with van der Waals surface area (Å²) >= 11 is 0. The Bertz CT molecular complexity index is 698. The zero-order chi connectivity index (χ0) is 16.8. The van der Waals surface area contributed by atoms with Crippen molar-refractivity contribution in [3.05, 3.63) is 41.3 Å². The molecule has 0 saturated carbocycles. The molecule has 118 valence electrons. The number of aliphatic hydroxyl groups is 1. The van der Waals surface area contributed by atoms with E-state index in [9.17, 15) is 13.2 Å². The molecule has 0 fully saturated rings. The van der Waals surface area contributed by atoms with Gasteiger partial charge in [0.05, 0.1) is 23.0 Å². The Kier molecular flexibility index (Phi) is 5.85. The van der Waals surface area contributed by atoms with Crippen molar-refractivity contribution < 1.29 is 18.3 Å². The number of rotatable bonds is 6. The van der Waals surface area contributed by atoms with Crippen LogP contribution in [0.1, 0.15) is 19.4 Å². The van der Waals surface area contributed by atoms with Crippen LogP contribution < -0.4 is 5.32 Å². The van der Waals surface area contributed by atoms with Crippen LogP contribution >= 0.6 is 0 Å². The molecule has 0 bridgehead atoms. The van der Waals surface area contributed by atoms with Crippen molar-refractivity contribution in [3.63, 3.8) is 0 Å². The predicted molar refractivity (Wildman–Crippen MR) is 81.5 cm³/mol. The van der Waals surface area contributed by atoms with Crippen LogP contribution in [0.25, 0.3) is 0 Å². The number of benzene rings is 1. The van der Waals surface area contributed by atoms with E-state index in [1.165, 1.54) is 12.1 Å². The molecule has 1 aromatic rings. The second kappa shape index (κ2) is 7.20. The Morgan fingerprint density at radius 3 is 2.45 bits per heavy atom. The summed E-state index contributed by atoms with van der Waals surface area (Å²) in [4.78, 5) is 12.1. The molecule has 0 saturated heterocycles. The number of carbonyl (C=O) groups is 1. The van der Waals surface area contributed by atoms with Crippen molar-refractivity contribution in [2.75, 3.05) is 13.2 Å². The lowest BCUT2D eigenvalue weighted by molar-refractivity contribution is -0.125. The smallest absolute Gasteiger partial charge is 0.230 e. The molecule has 6 nitrogen and oxygen atoms in total. The van der Waals surface area contributed by atoms with Gasteiger partial charge < -0.3 is 10.4 Å². The van der Waals surface area contributed by atoms with Crippen molar-refractivity contribution >= 4 is 15.7 Å². The summed E-state index contributed by atoms with van der Waals surface area (Å²) in [5.74, 6) is -0.262. The first-order chi connectivity index (χ1) is 10.3. The molecule has 0 aromatic heterocycles. The van der Waals surface area contributed by atoms with Crippen LogP contribution in [0, 0.1) is 11.3 Å². The number of aliphatic hydroxyl groups excluding tert-OH is 1. The summed E-state index contributed by atoms with van der Waals surface area (Å²) in [6.07, 6.45) is 0.898. The van der Waals surface area contributed by atoms with Gasteiger partial charge in [0.1, 0.15) is 0 Å². The quantitative estimate of drug-likeness (QED) is 0.756. The van der Waals surface area contributed by atoms with Gasteiger partial charge in [0.25, 0.3) is 0 Å². The Hall–Kier alpha value is -2.17. The zero-order valence-electron chi connectivity index (χ0n) is 12.4.